The molecule has 0 aliphatic carbocycles. The Morgan fingerprint density at radius 2 is 2.20 bits per heavy atom. The number of ether oxygens (including phenoxy) is 2. The number of carbonyl (C=O) groups excluding carboxylic acids is 1. The highest BCUT2D eigenvalue weighted by molar-refractivity contribution is 5.78. The normalized spacial score (nSPS) is 25.9. The van der Waals surface area contributed by atoms with Crippen molar-refractivity contribution in [2.24, 2.45) is 0 Å². The first kappa shape index (κ1) is 12.4. The van der Waals surface area contributed by atoms with E-state index in [-0.39, 0.29) is 25.3 Å². The molecule has 0 saturated carbocycles. The zero-order chi connectivity index (χ0) is 11.5. The molecule has 1 aliphatic rings. The van der Waals surface area contributed by atoms with Gasteiger partial charge < -0.3 is 14.6 Å². The average Bonchev–Trinajstić information content (AvgIpc) is 1.98. The van der Waals surface area contributed by atoms with Gasteiger partial charge in [-0.05, 0) is 20.8 Å². The third-order valence-corrected chi connectivity index (χ3v) is 1.99. The van der Waals surface area contributed by atoms with Crippen molar-refractivity contribution >= 4 is 5.97 Å². The van der Waals surface area contributed by atoms with E-state index in [2.05, 4.69) is 5.32 Å². The van der Waals surface area contributed by atoms with Crippen molar-refractivity contribution in [3.05, 3.63) is 0 Å². The van der Waals surface area contributed by atoms with E-state index in [1.165, 1.54) is 0 Å². The summed E-state index contributed by atoms with van der Waals surface area (Å²) in [5, 5.41) is 11.5. The van der Waals surface area contributed by atoms with Crippen molar-refractivity contribution in [3.63, 3.8) is 0 Å². The summed E-state index contributed by atoms with van der Waals surface area (Å²) in [5.74, 6) is -0.295. The smallest absolute Gasteiger partial charge is 0.326 e. The fourth-order valence-corrected chi connectivity index (χ4v) is 1.29. The Labute approximate surface area is 89.8 Å². The minimum absolute atomic E-state index is 0.0302. The molecule has 2 atom stereocenters. The first-order valence-corrected chi connectivity index (χ1v) is 5.13. The summed E-state index contributed by atoms with van der Waals surface area (Å²) in [7, 11) is 0. The van der Waals surface area contributed by atoms with Gasteiger partial charge >= 0.3 is 5.97 Å². The largest absolute Gasteiger partial charge is 0.459 e. The van der Waals surface area contributed by atoms with Crippen LogP contribution in [0.25, 0.3) is 0 Å². The van der Waals surface area contributed by atoms with Crippen LogP contribution in [0.1, 0.15) is 20.8 Å². The van der Waals surface area contributed by atoms with Crippen LogP contribution in [0.3, 0.4) is 0 Å². The average molecular weight is 217 g/mol. The van der Waals surface area contributed by atoms with E-state index in [1.807, 2.05) is 20.8 Å². The van der Waals surface area contributed by atoms with Crippen molar-refractivity contribution in [3.8, 4) is 0 Å². The van der Waals surface area contributed by atoms with E-state index in [1.54, 1.807) is 0 Å². The number of aliphatic hydroxyl groups excluding tert-OH is 1. The molecule has 0 aromatic heterocycles. The Bertz CT molecular complexity index is 224. The highest BCUT2D eigenvalue weighted by Crippen LogP contribution is 2.15. The van der Waals surface area contributed by atoms with Crippen LogP contribution in [0.15, 0.2) is 0 Å². The van der Waals surface area contributed by atoms with Gasteiger partial charge in [0.2, 0.25) is 0 Å². The van der Waals surface area contributed by atoms with Crippen LogP contribution in [-0.4, -0.2) is 48.6 Å². The number of carbonyl (C=O) groups is 1. The van der Waals surface area contributed by atoms with Crippen molar-refractivity contribution in [1.29, 1.82) is 0 Å². The van der Waals surface area contributed by atoms with Crippen molar-refractivity contribution in [2.75, 3.05) is 19.8 Å². The summed E-state index contributed by atoms with van der Waals surface area (Å²) in [6.07, 6.45) is -0.174. The predicted octanol–water partition coefficient (Wildman–Crippen LogP) is -0.323. The van der Waals surface area contributed by atoms with Gasteiger partial charge in [-0.2, -0.15) is 0 Å². The Hall–Kier alpha value is -0.650. The standard InChI is InChI=1S/C10H19NO4/c1-10(2,3)15-9(13)8-7(6-11-8)14-5-4-12/h7-8,11-12H,4-6H2,1-3H3. The van der Waals surface area contributed by atoms with Crippen LogP contribution in [-0.2, 0) is 14.3 Å². The highest BCUT2D eigenvalue weighted by Gasteiger charge is 2.39. The van der Waals surface area contributed by atoms with Crippen molar-refractivity contribution in [2.45, 2.75) is 38.5 Å². The Morgan fingerprint density at radius 1 is 1.53 bits per heavy atom. The van der Waals surface area contributed by atoms with Crippen LogP contribution in [0.4, 0.5) is 0 Å². The summed E-state index contributed by atoms with van der Waals surface area (Å²) in [6, 6.07) is -0.393. The molecule has 1 aliphatic heterocycles. The number of hydrogen-bond donors (Lipinski definition) is 2. The predicted molar refractivity (Wildman–Crippen MR) is 54.5 cm³/mol. The van der Waals surface area contributed by atoms with Gasteiger partial charge in [0, 0.05) is 6.54 Å². The number of rotatable bonds is 4. The first-order chi connectivity index (χ1) is 6.94. The summed E-state index contributed by atoms with van der Waals surface area (Å²) in [5.41, 5.74) is -0.476. The van der Waals surface area contributed by atoms with Crippen LogP contribution >= 0.6 is 0 Å². The molecular formula is C10H19NO4. The molecule has 1 fully saturated rings. The van der Waals surface area contributed by atoms with Gasteiger partial charge in [-0.15, -0.1) is 0 Å². The SMILES string of the molecule is CC(C)(C)OC(=O)C1NCC1OCCO. The maximum absolute atomic E-state index is 11.6. The minimum atomic E-state index is -0.476. The van der Waals surface area contributed by atoms with Crippen LogP contribution < -0.4 is 5.32 Å². The second-order valence-electron chi connectivity index (χ2n) is 4.55. The number of hydrogen-bond acceptors (Lipinski definition) is 5. The molecule has 5 heteroatoms. The summed E-state index contributed by atoms with van der Waals surface area (Å²) in [4.78, 5) is 11.6. The summed E-state index contributed by atoms with van der Waals surface area (Å²) in [6.45, 7) is 6.33. The molecule has 1 heterocycles. The molecule has 0 aromatic rings. The molecular weight excluding hydrogens is 198 g/mol. The maximum Gasteiger partial charge on any atom is 0.326 e. The first-order valence-electron chi connectivity index (χ1n) is 5.13. The van der Waals surface area contributed by atoms with Crippen LogP contribution in [0.2, 0.25) is 0 Å². The number of esters is 1. The van der Waals surface area contributed by atoms with Gasteiger partial charge in [0.05, 0.1) is 19.3 Å². The second kappa shape index (κ2) is 4.92. The molecule has 0 spiro atoms. The molecule has 2 unspecified atom stereocenters. The van der Waals surface area contributed by atoms with Gasteiger partial charge in [0.25, 0.3) is 0 Å². The number of aliphatic hydroxyl groups is 1. The minimum Gasteiger partial charge on any atom is -0.459 e. The molecule has 1 rings (SSSR count). The fourth-order valence-electron chi connectivity index (χ4n) is 1.29. The van der Waals surface area contributed by atoms with E-state index in [0.717, 1.165) is 0 Å². The van der Waals surface area contributed by atoms with E-state index >= 15 is 0 Å². The zero-order valence-electron chi connectivity index (χ0n) is 9.45. The van der Waals surface area contributed by atoms with E-state index < -0.39 is 11.6 Å². The molecule has 5 nitrogen and oxygen atoms in total. The lowest BCUT2D eigenvalue weighted by Crippen LogP contribution is -2.63. The maximum atomic E-state index is 11.6. The summed E-state index contributed by atoms with van der Waals surface area (Å²) >= 11 is 0. The second-order valence-corrected chi connectivity index (χ2v) is 4.55. The van der Waals surface area contributed by atoms with Crippen LogP contribution in [0, 0.1) is 0 Å². The molecule has 2 N–H and O–H groups in total. The number of nitrogens with one attached hydrogen (secondary N) is 1. The monoisotopic (exact) mass is 217 g/mol. The molecule has 0 amide bonds. The lowest BCUT2D eigenvalue weighted by atomic mass is 10.0. The zero-order valence-corrected chi connectivity index (χ0v) is 9.45. The third-order valence-electron chi connectivity index (χ3n) is 1.99. The van der Waals surface area contributed by atoms with E-state index in [9.17, 15) is 4.79 Å². The van der Waals surface area contributed by atoms with E-state index in [0.29, 0.717) is 6.54 Å². The molecule has 0 radical (unpaired) electrons. The van der Waals surface area contributed by atoms with Gasteiger partial charge in [-0.1, -0.05) is 0 Å². The molecule has 0 bridgehead atoms. The quantitative estimate of drug-likeness (QED) is 0.632. The molecule has 1 saturated heterocycles. The Balaban J connectivity index is 2.34. The molecule has 88 valence electrons. The van der Waals surface area contributed by atoms with Crippen molar-refractivity contribution < 1.29 is 19.4 Å². The van der Waals surface area contributed by atoms with Gasteiger partial charge in [-0.3, -0.25) is 10.1 Å². The molecule has 15 heavy (non-hydrogen) atoms. The van der Waals surface area contributed by atoms with Gasteiger partial charge in [-0.25, -0.2) is 0 Å². The van der Waals surface area contributed by atoms with Crippen LogP contribution in [0.5, 0.6) is 0 Å². The lowest BCUT2D eigenvalue weighted by Gasteiger charge is -2.37. The third kappa shape index (κ3) is 3.77. The van der Waals surface area contributed by atoms with Gasteiger partial charge in [0.15, 0.2) is 0 Å². The highest BCUT2D eigenvalue weighted by atomic mass is 16.6. The fraction of sp³-hybridized carbons (Fsp3) is 0.900. The van der Waals surface area contributed by atoms with Crippen molar-refractivity contribution in [1.82, 2.24) is 5.32 Å². The Kier molecular flexibility index (Phi) is 4.07. The topological polar surface area (TPSA) is 67.8 Å². The summed E-state index contributed by atoms with van der Waals surface area (Å²) < 4.78 is 10.5. The van der Waals surface area contributed by atoms with Gasteiger partial charge in [0.1, 0.15) is 11.6 Å². The Morgan fingerprint density at radius 3 is 2.60 bits per heavy atom. The van der Waals surface area contributed by atoms with E-state index in [4.69, 9.17) is 14.6 Å². The molecule has 0 aromatic carbocycles. The lowest BCUT2D eigenvalue weighted by molar-refractivity contribution is -0.167.